The summed E-state index contributed by atoms with van der Waals surface area (Å²) < 4.78 is 0. The van der Waals surface area contributed by atoms with Crippen LogP contribution >= 0.6 is 11.6 Å². The zero-order valence-electron chi connectivity index (χ0n) is 11.3. The summed E-state index contributed by atoms with van der Waals surface area (Å²) in [6.45, 7) is 8.70. The molecule has 2 nitrogen and oxygen atoms in total. The molecule has 0 bridgehead atoms. The van der Waals surface area contributed by atoms with Crippen molar-refractivity contribution in [1.82, 2.24) is 5.32 Å². The molecule has 0 spiro atoms. The molecule has 0 saturated carbocycles. The van der Waals surface area contributed by atoms with Crippen LogP contribution < -0.4 is 10.2 Å². The predicted octanol–water partition coefficient (Wildman–Crippen LogP) is 3.47. The Morgan fingerprint density at radius 3 is 2.67 bits per heavy atom. The minimum Gasteiger partial charge on any atom is -0.361 e. The van der Waals surface area contributed by atoms with Crippen molar-refractivity contribution in [3.63, 3.8) is 0 Å². The highest BCUT2D eigenvalue weighted by molar-refractivity contribution is 6.31. The zero-order valence-corrected chi connectivity index (χ0v) is 12.1. The first-order chi connectivity index (χ1) is 8.63. The Bertz CT molecular complexity index is 423. The maximum Gasteiger partial charge on any atom is 0.0791 e. The van der Waals surface area contributed by atoms with E-state index in [9.17, 15) is 0 Å². The zero-order chi connectivity index (χ0) is 13.5. The topological polar surface area (TPSA) is 15.3 Å². The van der Waals surface area contributed by atoms with E-state index in [1.165, 1.54) is 0 Å². The number of anilines is 1. The number of nitrogens with zero attached hydrogens (tertiary/aromatic N) is 1. The first-order valence-corrected chi connectivity index (χ1v) is 6.73. The molecule has 0 radical (unpaired) electrons. The molecule has 0 aliphatic heterocycles. The summed E-state index contributed by atoms with van der Waals surface area (Å²) in [4.78, 5) is 2.12. The molecule has 1 N–H and O–H groups in total. The van der Waals surface area contributed by atoms with Gasteiger partial charge in [-0.25, -0.2) is 0 Å². The van der Waals surface area contributed by atoms with Crippen LogP contribution in [0, 0.1) is 12.3 Å². The quantitative estimate of drug-likeness (QED) is 0.792. The second kappa shape index (κ2) is 7.31. The van der Waals surface area contributed by atoms with Crippen molar-refractivity contribution in [3.8, 4) is 12.3 Å². The SMILES string of the molecule is C#CCN(CC)c1ccc(C(C)NCC)c(Cl)c1. The van der Waals surface area contributed by atoms with E-state index in [1.54, 1.807) is 0 Å². The maximum atomic E-state index is 6.34. The Kier molecular flexibility index (Phi) is 6.04. The molecule has 3 heteroatoms. The average Bonchev–Trinajstić information content (AvgIpc) is 2.36. The van der Waals surface area contributed by atoms with Gasteiger partial charge in [0.25, 0.3) is 0 Å². The first kappa shape index (κ1) is 14.9. The van der Waals surface area contributed by atoms with Crippen LogP contribution in [0.15, 0.2) is 18.2 Å². The molecule has 18 heavy (non-hydrogen) atoms. The van der Waals surface area contributed by atoms with Crippen molar-refractivity contribution in [3.05, 3.63) is 28.8 Å². The minimum absolute atomic E-state index is 0.263. The lowest BCUT2D eigenvalue weighted by Crippen LogP contribution is -2.23. The van der Waals surface area contributed by atoms with Crippen molar-refractivity contribution < 1.29 is 0 Å². The van der Waals surface area contributed by atoms with Gasteiger partial charge in [-0.15, -0.1) is 6.42 Å². The largest absolute Gasteiger partial charge is 0.361 e. The monoisotopic (exact) mass is 264 g/mol. The molecule has 98 valence electrons. The third-order valence-corrected chi connectivity index (χ3v) is 3.32. The lowest BCUT2D eigenvalue weighted by molar-refractivity contribution is 0.598. The van der Waals surface area contributed by atoms with Crippen LogP contribution in [-0.4, -0.2) is 19.6 Å². The third-order valence-electron chi connectivity index (χ3n) is 2.99. The predicted molar refractivity (Wildman–Crippen MR) is 80.3 cm³/mol. The standard InChI is InChI=1S/C15H21ClN2/c1-5-10-18(7-3)13-8-9-14(15(16)11-13)12(4)17-6-2/h1,8-9,11-12,17H,6-7,10H2,2-4H3. The van der Waals surface area contributed by atoms with E-state index in [4.69, 9.17) is 18.0 Å². The van der Waals surface area contributed by atoms with Crippen molar-refractivity contribution in [1.29, 1.82) is 0 Å². The van der Waals surface area contributed by atoms with Crippen LogP contribution in [-0.2, 0) is 0 Å². The molecule has 0 amide bonds. The van der Waals surface area contributed by atoms with Crippen LogP contribution in [0.2, 0.25) is 5.02 Å². The van der Waals surface area contributed by atoms with Crippen LogP contribution in [0.4, 0.5) is 5.69 Å². The van der Waals surface area contributed by atoms with Crippen molar-refractivity contribution >= 4 is 17.3 Å². The van der Waals surface area contributed by atoms with Crippen LogP contribution in [0.5, 0.6) is 0 Å². The summed E-state index contributed by atoms with van der Waals surface area (Å²) >= 11 is 6.34. The second-order valence-electron chi connectivity index (χ2n) is 4.20. The molecule has 1 unspecified atom stereocenters. The van der Waals surface area contributed by atoms with Gasteiger partial charge in [-0.05, 0) is 38.1 Å². The van der Waals surface area contributed by atoms with E-state index in [-0.39, 0.29) is 6.04 Å². The van der Waals surface area contributed by atoms with Crippen molar-refractivity contribution in [2.45, 2.75) is 26.8 Å². The third kappa shape index (κ3) is 3.66. The second-order valence-corrected chi connectivity index (χ2v) is 4.61. The Morgan fingerprint density at radius 2 is 2.17 bits per heavy atom. The van der Waals surface area contributed by atoms with E-state index in [1.807, 2.05) is 6.07 Å². The van der Waals surface area contributed by atoms with Crippen LogP contribution in [0.1, 0.15) is 32.4 Å². The molecule has 1 atom stereocenters. The molecule has 1 aromatic carbocycles. The Balaban J connectivity index is 2.94. The van der Waals surface area contributed by atoms with Crippen LogP contribution in [0.3, 0.4) is 0 Å². The van der Waals surface area contributed by atoms with Gasteiger partial charge in [0.2, 0.25) is 0 Å². The van der Waals surface area contributed by atoms with E-state index in [0.29, 0.717) is 6.54 Å². The van der Waals surface area contributed by atoms with Gasteiger partial charge in [0.15, 0.2) is 0 Å². The summed E-state index contributed by atoms with van der Waals surface area (Å²) in [5, 5.41) is 4.15. The molecule has 1 rings (SSSR count). The number of nitrogens with one attached hydrogen (secondary N) is 1. The summed E-state index contributed by atoms with van der Waals surface area (Å²) in [7, 11) is 0. The Labute approximate surface area is 115 Å². The fraction of sp³-hybridized carbons (Fsp3) is 0.467. The highest BCUT2D eigenvalue weighted by Crippen LogP contribution is 2.27. The number of hydrogen-bond donors (Lipinski definition) is 1. The highest BCUT2D eigenvalue weighted by atomic mass is 35.5. The minimum atomic E-state index is 0.263. The summed E-state index contributed by atoms with van der Waals surface area (Å²) in [6.07, 6.45) is 5.36. The molecule has 0 aliphatic rings. The van der Waals surface area contributed by atoms with E-state index in [0.717, 1.165) is 29.4 Å². The molecule has 0 aliphatic carbocycles. The Morgan fingerprint density at radius 1 is 1.44 bits per heavy atom. The van der Waals surface area contributed by atoms with E-state index >= 15 is 0 Å². The van der Waals surface area contributed by atoms with Crippen LogP contribution in [0.25, 0.3) is 0 Å². The summed E-state index contributed by atoms with van der Waals surface area (Å²) in [5.74, 6) is 2.66. The van der Waals surface area contributed by atoms with Gasteiger partial charge in [0, 0.05) is 23.3 Å². The normalized spacial score (nSPS) is 11.9. The Hall–Kier alpha value is -1.17. The summed E-state index contributed by atoms with van der Waals surface area (Å²) in [6, 6.07) is 6.41. The van der Waals surface area contributed by atoms with Gasteiger partial charge < -0.3 is 10.2 Å². The fourth-order valence-corrected chi connectivity index (χ4v) is 2.31. The number of halogens is 1. The van der Waals surface area contributed by atoms with Gasteiger partial charge in [0.05, 0.1) is 6.54 Å². The fourth-order valence-electron chi connectivity index (χ4n) is 1.98. The molecular weight excluding hydrogens is 244 g/mol. The van der Waals surface area contributed by atoms with Gasteiger partial charge >= 0.3 is 0 Å². The molecule has 1 aromatic rings. The van der Waals surface area contributed by atoms with E-state index in [2.05, 4.69) is 49.0 Å². The maximum absolute atomic E-state index is 6.34. The summed E-state index contributed by atoms with van der Waals surface area (Å²) in [5.41, 5.74) is 2.20. The molecule has 0 saturated heterocycles. The lowest BCUT2D eigenvalue weighted by atomic mass is 10.1. The highest BCUT2D eigenvalue weighted by Gasteiger charge is 2.11. The molecular formula is C15H21ClN2. The van der Waals surface area contributed by atoms with Crippen molar-refractivity contribution in [2.75, 3.05) is 24.5 Å². The first-order valence-electron chi connectivity index (χ1n) is 6.35. The van der Waals surface area contributed by atoms with Gasteiger partial charge in [0.1, 0.15) is 0 Å². The number of terminal acetylenes is 1. The van der Waals surface area contributed by atoms with Gasteiger partial charge in [-0.3, -0.25) is 0 Å². The molecule has 0 fully saturated rings. The smallest absolute Gasteiger partial charge is 0.0791 e. The van der Waals surface area contributed by atoms with Crippen molar-refractivity contribution in [2.24, 2.45) is 0 Å². The lowest BCUT2D eigenvalue weighted by Gasteiger charge is -2.22. The number of hydrogen-bond acceptors (Lipinski definition) is 2. The number of benzene rings is 1. The van der Waals surface area contributed by atoms with Gasteiger partial charge in [-0.1, -0.05) is 30.5 Å². The number of rotatable bonds is 6. The average molecular weight is 265 g/mol. The molecule has 0 aromatic heterocycles. The molecule has 0 heterocycles. The van der Waals surface area contributed by atoms with E-state index < -0.39 is 0 Å². The van der Waals surface area contributed by atoms with Gasteiger partial charge in [-0.2, -0.15) is 0 Å².